The molecule has 0 spiro atoms. The second kappa shape index (κ2) is 12.6. The van der Waals surface area contributed by atoms with Gasteiger partial charge >= 0.3 is 0 Å². The second-order valence-electron chi connectivity index (χ2n) is 10.0. The Morgan fingerprint density at radius 3 is 2.08 bits per heavy atom. The molecule has 6 nitrogen and oxygen atoms in total. The molecular formula is C32H34BrN5O. The number of nitrogens with zero attached hydrogens (tertiary/aromatic N) is 4. The molecule has 3 aromatic carbocycles. The molecule has 1 amide bonds. The fourth-order valence-electron chi connectivity index (χ4n) is 5.11. The maximum atomic E-state index is 12.7. The zero-order chi connectivity index (χ0) is 27.2. The van der Waals surface area contributed by atoms with Crippen molar-refractivity contribution in [1.29, 1.82) is 0 Å². The van der Waals surface area contributed by atoms with Gasteiger partial charge in [-0.1, -0.05) is 54.6 Å². The highest BCUT2D eigenvalue weighted by Gasteiger charge is 2.17. The molecule has 39 heavy (non-hydrogen) atoms. The van der Waals surface area contributed by atoms with E-state index in [1.807, 2.05) is 42.5 Å². The highest BCUT2D eigenvalue weighted by Crippen LogP contribution is 2.26. The lowest BCUT2D eigenvalue weighted by Gasteiger charge is -2.34. The van der Waals surface area contributed by atoms with Gasteiger partial charge in [0.25, 0.3) is 5.91 Å². The van der Waals surface area contributed by atoms with E-state index < -0.39 is 0 Å². The molecule has 1 fully saturated rings. The number of hydrogen-bond acceptors (Lipinski definition) is 4. The van der Waals surface area contributed by atoms with E-state index in [-0.39, 0.29) is 5.91 Å². The van der Waals surface area contributed by atoms with Gasteiger partial charge in [0.1, 0.15) is 0 Å². The number of hydrazone groups is 1. The Balaban J connectivity index is 1.12. The number of amides is 1. The van der Waals surface area contributed by atoms with Crippen molar-refractivity contribution in [1.82, 2.24) is 19.8 Å². The van der Waals surface area contributed by atoms with Crippen LogP contribution in [0.15, 0.2) is 94.5 Å². The number of para-hydroxylation sites is 1. The molecule has 0 aliphatic carbocycles. The van der Waals surface area contributed by atoms with Crippen LogP contribution in [0.1, 0.15) is 38.4 Å². The van der Waals surface area contributed by atoms with Crippen LogP contribution in [0.4, 0.5) is 0 Å². The van der Waals surface area contributed by atoms with Crippen molar-refractivity contribution in [2.45, 2.75) is 26.9 Å². The van der Waals surface area contributed by atoms with E-state index in [2.05, 4.69) is 97.1 Å². The van der Waals surface area contributed by atoms with Crippen molar-refractivity contribution in [3.05, 3.63) is 123 Å². The molecule has 2 heterocycles. The summed E-state index contributed by atoms with van der Waals surface area (Å²) in [5, 5.41) is 4.24. The predicted octanol–water partition coefficient (Wildman–Crippen LogP) is 5.94. The van der Waals surface area contributed by atoms with E-state index in [9.17, 15) is 4.79 Å². The first-order valence-electron chi connectivity index (χ1n) is 13.3. The average Bonchev–Trinajstić information content (AvgIpc) is 3.23. The van der Waals surface area contributed by atoms with Crippen molar-refractivity contribution in [2.75, 3.05) is 26.2 Å². The monoisotopic (exact) mass is 583 g/mol. The number of hydrogen-bond donors (Lipinski definition) is 1. The molecule has 0 atom stereocenters. The van der Waals surface area contributed by atoms with Crippen molar-refractivity contribution < 1.29 is 4.79 Å². The molecule has 200 valence electrons. The average molecular weight is 585 g/mol. The third-order valence-corrected chi connectivity index (χ3v) is 7.94. The van der Waals surface area contributed by atoms with Crippen LogP contribution in [-0.4, -0.2) is 52.7 Å². The summed E-state index contributed by atoms with van der Waals surface area (Å²) in [7, 11) is 0. The summed E-state index contributed by atoms with van der Waals surface area (Å²) in [5.41, 5.74) is 10.0. The summed E-state index contributed by atoms with van der Waals surface area (Å²) in [6, 6.07) is 28.7. The highest BCUT2D eigenvalue weighted by atomic mass is 79.9. The Hall–Kier alpha value is -3.52. The summed E-state index contributed by atoms with van der Waals surface area (Å²) in [6.07, 6.45) is 1.71. The normalized spacial score (nSPS) is 14.6. The van der Waals surface area contributed by atoms with Gasteiger partial charge in [0.15, 0.2) is 0 Å². The number of nitrogens with one attached hydrogen (secondary N) is 1. The van der Waals surface area contributed by atoms with E-state index in [4.69, 9.17) is 0 Å². The van der Waals surface area contributed by atoms with E-state index in [0.717, 1.165) is 66.4 Å². The number of carbonyl (C=O) groups is 1. The molecule has 1 aliphatic rings. The molecule has 1 N–H and O–H groups in total. The Morgan fingerprint density at radius 1 is 0.846 bits per heavy atom. The van der Waals surface area contributed by atoms with Gasteiger partial charge in [-0.25, -0.2) is 5.43 Å². The number of benzene rings is 3. The zero-order valence-corrected chi connectivity index (χ0v) is 24.1. The van der Waals surface area contributed by atoms with E-state index in [0.29, 0.717) is 5.56 Å². The minimum absolute atomic E-state index is 0.216. The lowest BCUT2D eigenvalue weighted by atomic mass is 10.1. The van der Waals surface area contributed by atoms with Crippen LogP contribution in [0.25, 0.3) is 5.69 Å². The van der Waals surface area contributed by atoms with Crippen molar-refractivity contribution in [3.63, 3.8) is 0 Å². The fraction of sp³-hybridized carbons (Fsp3) is 0.250. The first-order valence-corrected chi connectivity index (χ1v) is 14.1. The van der Waals surface area contributed by atoms with Gasteiger partial charge in [0, 0.05) is 66.3 Å². The minimum Gasteiger partial charge on any atom is -0.317 e. The molecule has 0 saturated carbocycles. The predicted molar refractivity (Wildman–Crippen MR) is 161 cm³/mol. The minimum atomic E-state index is -0.216. The highest BCUT2D eigenvalue weighted by molar-refractivity contribution is 9.10. The first kappa shape index (κ1) is 27.1. The molecule has 7 heteroatoms. The summed E-state index contributed by atoms with van der Waals surface area (Å²) in [5.74, 6) is -0.216. The largest absolute Gasteiger partial charge is 0.317 e. The van der Waals surface area contributed by atoms with Crippen LogP contribution in [0.3, 0.4) is 0 Å². The van der Waals surface area contributed by atoms with Gasteiger partial charge in [-0.3, -0.25) is 14.6 Å². The number of piperazine rings is 1. The fourth-order valence-corrected chi connectivity index (χ4v) is 5.58. The standard InChI is InChI=1S/C32H34BrN5O/c1-24-20-29(25(2)38(24)31-11-7-6-10-30(31)33)21-34-35-32(39)28-14-12-27(13-15-28)23-37-18-16-36(17-19-37)22-26-8-4-3-5-9-26/h3-15,20-21H,16-19,22-23H2,1-2H3,(H,35,39)/b34-21-. The number of aromatic nitrogens is 1. The number of rotatable bonds is 8. The summed E-state index contributed by atoms with van der Waals surface area (Å²) >= 11 is 3.64. The molecular weight excluding hydrogens is 550 g/mol. The third kappa shape index (κ3) is 6.74. The van der Waals surface area contributed by atoms with Crippen LogP contribution >= 0.6 is 15.9 Å². The van der Waals surface area contributed by atoms with Crippen LogP contribution in [0, 0.1) is 13.8 Å². The molecule has 1 saturated heterocycles. The van der Waals surface area contributed by atoms with Crippen molar-refractivity contribution >= 4 is 28.1 Å². The lowest BCUT2D eigenvalue weighted by Crippen LogP contribution is -2.45. The lowest BCUT2D eigenvalue weighted by molar-refractivity contribution is 0.0955. The number of halogens is 1. The summed E-state index contributed by atoms with van der Waals surface area (Å²) < 4.78 is 3.20. The van der Waals surface area contributed by atoms with Crippen molar-refractivity contribution in [2.24, 2.45) is 5.10 Å². The van der Waals surface area contributed by atoms with E-state index >= 15 is 0 Å². The Labute approximate surface area is 239 Å². The van der Waals surface area contributed by atoms with E-state index in [1.54, 1.807) is 6.21 Å². The van der Waals surface area contributed by atoms with Gasteiger partial charge in [-0.05, 0) is 71.2 Å². The molecule has 0 bridgehead atoms. The van der Waals surface area contributed by atoms with Gasteiger partial charge < -0.3 is 4.57 Å². The molecule has 4 aromatic rings. The maximum Gasteiger partial charge on any atom is 0.271 e. The molecule has 0 radical (unpaired) electrons. The quantitative estimate of drug-likeness (QED) is 0.206. The summed E-state index contributed by atoms with van der Waals surface area (Å²) in [6.45, 7) is 10.3. The van der Waals surface area contributed by atoms with Crippen molar-refractivity contribution in [3.8, 4) is 5.69 Å². The first-order chi connectivity index (χ1) is 19.0. The van der Waals surface area contributed by atoms with Crippen LogP contribution in [0.2, 0.25) is 0 Å². The SMILES string of the molecule is Cc1cc(/C=N\NC(=O)c2ccc(CN3CCN(Cc4ccccc4)CC3)cc2)c(C)n1-c1ccccc1Br. The van der Waals surface area contributed by atoms with Gasteiger partial charge in [0.2, 0.25) is 0 Å². The van der Waals surface area contributed by atoms with Crippen LogP contribution in [-0.2, 0) is 13.1 Å². The Morgan fingerprint density at radius 2 is 1.44 bits per heavy atom. The molecule has 1 aromatic heterocycles. The zero-order valence-electron chi connectivity index (χ0n) is 22.5. The topological polar surface area (TPSA) is 52.9 Å². The maximum absolute atomic E-state index is 12.7. The third-order valence-electron chi connectivity index (χ3n) is 7.27. The van der Waals surface area contributed by atoms with Crippen LogP contribution < -0.4 is 5.43 Å². The van der Waals surface area contributed by atoms with Gasteiger partial charge in [0.05, 0.1) is 11.9 Å². The van der Waals surface area contributed by atoms with Crippen LogP contribution in [0.5, 0.6) is 0 Å². The Bertz CT molecular complexity index is 1440. The molecule has 0 unspecified atom stereocenters. The summed E-state index contributed by atoms with van der Waals surface area (Å²) in [4.78, 5) is 17.7. The number of aryl methyl sites for hydroxylation is 1. The smallest absolute Gasteiger partial charge is 0.271 e. The Kier molecular flexibility index (Phi) is 8.71. The number of carbonyl (C=O) groups excluding carboxylic acids is 1. The van der Waals surface area contributed by atoms with E-state index in [1.165, 1.54) is 11.1 Å². The van der Waals surface area contributed by atoms with Gasteiger partial charge in [-0.2, -0.15) is 5.10 Å². The molecule has 5 rings (SSSR count). The second-order valence-corrected chi connectivity index (χ2v) is 10.9. The van der Waals surface area contributed by atoms with Gasteiger partial charge in [-0.15, -0.1) is 0 Å². The molecule has 1 aliphatic heterocycles.